The van der Waals surface area contributed by atoms with Crippen LogP contribution in [0.15, 0.2) is 58.6 Å². The van der Waals surface area contributed by atoms with Gasteiger partial charge < -0.3 is 20.5 Å². The Bertz CT molecular complexity index is 1270. The minimum Gasteiger partial charge on any atom is -0.464 e. The fourth-order valence-electron chi connectivity index (χ4n) is 3.43. The van der Waals surface area contributed by atoms with Crippen molar-refractivity contribution in [2.24, 2.45) is 5.41 Å². The molecule has 202 valence electrons. The lowest BCUT2D eigenvalue weighted by atomic mass is 9.88. The van der Waals surface area contributed by atoms with E-state index in [9.17, 15) is 19.5 Å². The van der Waals surface area contributed by atoms with Crippen LogP contribution in [0.25, 0.3) is 10.4 Å². The van der Waals surface area contributed by atoms with E-state index in [0.717, 1.165) is 16.2 Å². The number of aliphatic hydroxyl groups excluding tert-OH is 1. The molecule has 0 aliphatic rings. The number of methoxy groups -OCH3 is 1. The molecule has 0 unspecified atom stereocenters. The summed E-state index contributed by atoms with van der Waals surface area (Å²) in [6.45, 7) is 7.10. The molecule has 0 radical (unpaired) electrons. The molecule has 0 bridgehead atoms. The average Bonchev–Trinajstić information content (AvgIpc) is 3.31. The normalized spacial score (nSPS) is 12.9. The van der Waals surface area contributed by atoms with Crippen molar-refractivity contribution in [1.82, 2.24) is 15.3 Å². The van der Waals surface area contributed by atoms with Crippen LogP contribution >= 0.6 is 23.1 Å². The molecule has 0 spiro atoms. The lowest BCUT2D eigenvalue weighted by molar-refractivity contribution is -0.137. The summed E-state index contributed by atoms with van der Waals surface area (Å²) in [7, 11) is 1.26. The predicted molar refractivity (Wildman–Crippen MR) is 148 cm³/mol. The lowest BCUT2D eigenvalue weighted by Gasteiger charge is -2.26. The SMILES string of the molecule is CCC[C@H](NC(=O)[C@@H](O)C(C)(C)C)C(=O)Nc1nc(C(=O)OC)c(-c2cccnc2Sc2ccccc2)s1. The molecule has 2 heterocycles. The molecule has 9 nitrogen and oxygen atoms in total. The highest BCUT2D eigenvalue weighted by Gasteiger charge is 2.32. The van der Waals surface area contributed by atoms with Crippen molar-refractivity contribution in [1.29, 1.82) is 0 Å². The van der Waals surface area contributed by atoms with Crippen molar-refractivity contribution in [3.05, 3.63) is 54.4 Å². The summed E-state index contributed by atoms with van der Waals surface area (Å²) in [6.07, 6.45) is 1.37. The lowest BCUT2D eigenvalue weighted by Crippen LogP contribution is -2.50. The summed E-state index contributed by atoms with van der Waals surface area (Å²) in [5.74, 6) is -1.77. The molecule has 0 fully saturated rings. The summed E-state index contributed by atoms with van der Waals surface area (Å²) in [6, 6.07) is 12.4. The van der Waals surface area contributed by atoms with E-state index in [4.69, 9.17) is 4.74 Å². The number of aromatic nitrogens is 2. The van der Waals surface area contributed by atoms with Gasteiger partial charge in [0, 0.05) is 16.7 Å². The average molecular weight is 557 g/mol. The number of hydrogen-bond donors (Lipinski definition) is 3. The van der Waals surface area contributed by atoms with Gasteiger partial charge in [-0.1, -0.05) is 75.4 Å². The Balaban J connectivity index is 1.90. The molecular formula is C27H32N4O5S2. The molecule has 3 aromatic rings. The highest BCUT2D eigenvalue weighted by atomic mass is 32.2. The molecule has 0 saturated carbocycles. The maximum atomic E-state index is 13.1. The van der Waals surface area contributed by atoms with Gasteiger partial charge in [0.1, 0.15) is 17.2 Å². The third kappa shape index (κ3) is 7.40. The number of esters is 1. The summed E-state index contributed by atoms with van der Waals surface area (Å²) in [4.78, 5) is 48.7. The van der Waals surface area contributed by atoms with E-state index < -0.39 is 35.3 Å². The molecule has 2 atom stereocenters. The van der Waals surface area contributed by atoms with Gasteiger partial charge in [0.15, 0.2) is 10.8 Å². The second-order valence-corrected chi connectivity index (χ2v) is 11.6. The standard InChI is InChI=1S/C27H32N4O5S2/c1-6-11-18(29-23(34)21(32)27(2,3)4)22(33)31-26-30-19(25(35)36-5)20(38-26)17-14-10-15-28-24(17)37-16-12-8-7-9-13-16/h7-10,12-15,18,21,32H,6,11H2,1-5H3,(H,29,34)(H,30,31,33)/t18-,21+/m0/s1. The van der Waals surface area contributed by atoms with E-state index in [1.165, 1.54) is 18.9 Å². The number of carbonyl (C=O) groups excluding carboxylic acids is 3. The van der Waals surface area contributed by atoms with Gasteiger partial charge in [-0.25, -0.2) is 14.8 Å². The summed E-state index contributed by atoms with van der Waals surface area (Å²) in [5, 5.41) is 16.5. The van der Waals surface area contributed by atoms with Crippen LogP contribution in [0, 0.1) is 5.41 Å². The number of ether oxygens (including phenoxy) is 1. The van der Waals surface area contributed by atoms with Crippen molar-refractivity contribution >= 4 is 46.0 Å². The van der Waals surface area contributed by atoms with Gasteiger partial charge in [-0.2, -0.15) is 0 Å². The predicted octanol–water partition coefficient (Wildman–Crippen LogP) is 4.77. The Labute approximate surface area is 230 Å². The molecule has 3 rings (SSSR count). The Morgan fingerprint density at radius 1 is 1.11 bits per heavy atom. The highest BCUT2D eigenvalue weighted by molar-refractivity contribution is 7.99. The van der Waals surface area contributed by atoms with Gasteiger partial charge in [-0.3, -0.25) is 9.59 Å². The van der Waals surface area contributed by atoms with Gasteiger partial charge in [0.05, 0.1) is 12.0 Å². The molecule has 2 aromatic heterocycles. The summed E-state index contributed by atoms with van der Waals surface area (Å²) >= 11 is 2.56. The quantitative estimate of drug-likeness (QED) is 0.304. The number of amides is 2. The minimum atomic E-state index is -1.28. The fraction of sp³-hybridized carbons (Fsp3) is 0.370. The van der Waals surface area contributed by atoms with Gasteiger partial charge in [0.25, 0.3) is 0 Å². The number of pyridine rings is 1. The van der Waals surface area contributed by atoms with Crippen LogP contribution < -0.4 is 10.6 Å². The summed E-state index contributed by atoms with van der Waals surface area (Å²) in [5.41, 5.74) is 0.0391. The van der Waals surface area contributed by atoms with Crippen molar-refractivity contribution < 1.29 is 24.2 Å². The molecule has 0 aliphatic heterocycles. The number of carbonyl (C=O) groups is 3. The molecule has 1 aromatic carbocycles. The van der Waals surface area contributed by atoms with Crippen LogP contribution in [-0.2, 0) is 14.3 Å². The zero-order valence-corrected chi connectivity index (χ0v) is 23.6. The number of nitrogens with zero attached hydrogens (tertiary/aromatic N) is 2. The van der Waals surface area contributed by atoms with Crippen LogP contribution in [0.4, 0.5) is 5.13 Å². The second kappa shape index (κ2) is 13.0. The molecule has 0 aliphatic carbocycles. The fourth-order valence-corrected chi connectivity index (χ4v) is 5.39. The smallest absolute Gasteiger partial charge is 0.358 e. The molecular weight excluding hydrogens is 524 g/mol. The van der Waals surface area contributed by atoms with Crippen molar-refractivity contribution in [2.75, 3.05) is 12.4 Å². The molecule has 3 N–H and O–H groups in total. The maximum absolute atomic E-state index is 13.1. The Morgan fingerprint density at radius 2 is 1.82 bits per heavy atom. The van der Waals surface area contributed by atoms with Gasteiger partial charge in [-0.15, -0.1) is 0 Å². The van der Waals surface area contributed by atoms with Crippen LogP contribution in [0.3, 0.4) is 0 Å². The third-order valence-electron chi connectivity index (χ3n) is 5.49. The first-order valence-electron chi connectivity index (χ1n) is 12.1. The van der Waals surface area contributed by atoms with Crippen LogP contribution in [0.1, 0.15) is 51.0 Å². The molecule has 38 heavy (non-hydrogen) atoms. The van der Waals surface area contributed by atoms with Gasteiger partial charge in [0.2, 0.25) is 11.8 Å². The number of rotatable bonds is 10. The van der Waals surface area contributed by atoms with Crippen molar-refractivity contribution in [2.45, 2.75) is 62.6 Å². The van der Waals surface area contributed by atoms with Gasteiger partial charge >= 0.3 is 5.97 Å². The number of anilines is 1. The van der Waals surface area contributed by atoms with Gasteiger partial charge in [-0.05, 0) is 36.1 Å². The van der Waals surface area contributed by atoms with Crippen LogP contribution in [-0.4, -0.2) is 52.1 Å². The van der Waals surface area contributed by atoms with E-state index in [-0.39, 0.29) is 10.8 Å². The van der Waals surface area contributed by atoms with E-state index in [1.807, 2.05) is 43.3 Å². The van der Waals surface area contributed by atoms with Crippen LogP contribution in [0.2, 0.25) is 0 Å². The third-order valence-corrected chi connectivity index (χ3v) is 7.52. The number of aliphatic hydroxyl groups is 1. The Kier molecular flexibility index (Phi) is 10.0. The topological polar surface area (TPSA) is 131 Å². The number of nitrogens with one attached hydrogen (secondary N) is 2. The molecule has 0 saturated heterocycles. The van der Waals surface area contributed by atoms with E-state index in [0.29, 0.717) is 28.3 Å². The minimum absolute atomic E-state index is 0.0509. The zero-order chi connectivity index (χ0) is 27.9. The zero-order valence-electron chi connectivity index (χ0n) is 22.0. The van der Waals surface area contributed by atoms with E-state index >= 15 is 0 Å². The van der Waals surface area contributed by atoms with Crippen LogP contribution in [0.5, 0.6) is 0 Å². The molecule has 2 amide bonds. The van der Waals surface area contributed by atoms with E-state index in [2.05, 4.69) is 20.6 Å². The second-order valence-electron chi connectivity index (χ2n) is 9.57. The molecule has 11 heteroatoms. The number of thiazole rings is 1. The van der Waals surface area contributed by atoms with Crippen molar-refractivity contribution in [3.63, 3.8) is 0 Å². The van der Waals surface area contributed by atoms with Crippen molar-refractivity contribution in [3.8, 4) is 10.4 Å². The van der Waals surface area contributed by atoms with E-state index in [1.54, 1.807) is 33.0 Å². The maximum Gasteiger partial charge on any atom is 0.358 e. The number of benzene rings is 1. The monoisotopic (exact) mass is 556 g/mol. The largest absolute Gasteiger partial charge is 0.464 e. The Hall–Kier alpha value is -3.28. The number of hydrogen-bond acceptors (Lipinski definition) is 9. The Morgan fingerprint density at radius 3 is 2.45 bits per heavy atom. The summed E-state index contributed by atoms with van der Waals surface area (Å²) < 4.78 is 4.95. The highest BCUT2D eigenvalue weighted by Crippen LogP contribution is 2.40. The first kappa shape index (κ1) is 29.3. The first-order chi connectivity index (χ1) is 18.0. The first-order valence-corrected chi connectivity index (χ1v) is 13.7.